The zero-order valence-corrected chi connectivity index (χ0v) is 23.4. The highest BCUT2D eigenvalue weighted by atomic mass is 32.2. The second-order valence-corrected chi connectivity index (χ2v) is 10.4. The number of nitrogens with two attached hydrogens (primary N) is 1. The molecule has 0 aliphatic rings. The van der Waals surface area contributed by atoms with Crippen molar-refractivity contribution in [1.29, 1.82) is 0 Å². The zero-order valence-electron chi connectivity index (χ0n) is 22.6. The number of aliphatic carboxylic acids is 2. The van der Waals surface area contributed by atoms with Crippen LogP contribution in [0.25, 0.3) is 0 Å². The smallest absolute Gasteiger partial charge is 0.326 e. The van der Waals surface area contributed by atoms with E-state index in [1.807, 2.05) is 6.07 Å². The molecule has 2 rings (SSSR count). The van der Waals surface area contributed by atoms with Gasteiger partial charge in [-0.15, -0.1) is 0 Å². The highest BCUT2D eigenvalue weighted by Crippen LogP contribution is 2.13. The summed E-state index contributed by atoms with van der Waals surface area (Å²) in [5, 5.41) is 35.8. The Kier molecular flexibility index (Phi) is 13.6. The van der Waals surface area contributed by atoms with Gasteiger partial charge in [-0.25, -0.2) is 4.79 Å². The van der Waals surface area contributed by atoms with Crippen molar-refractivity contribution in [2.24, 2.45) is 5.73 Å². The Morgan fingerprint density at radius 1 is 0.756 bits per heavy atom. The van der Waals surface area contributed by atoms with Crippen LogP contribution in [-0.4, -0.2) is 81.2 Å². The molecule has 222 valence electrons. The molecule has 2 aromatic rings. The third kappa shape index (κ3) is 11.9. The summed E-state index contributed by atoms with van der Waals surface area (Å²) >= 11 is 1.41. The quantitative estimate of drug-likeness (QED) is 0.137. The Labute approximate surface area is 242 Å². The van der Waals surface area contributed by atoms with E-state index in [9.17, 15) is 39.3 Å². The predicted molar refractivity (Wildman–Crippen MR) is 153 cm³/mol. The molecule has 0 saturated heterocycles. The topological polar surface area (TPSA) is 208 Å². The van der Waals surface area contributed by atoms with Crippen LogP contribution < -0.4 is 21.7 Å². The Hall–Kier alpha value is -4.10. The van der Waals surface area contributed by atoms with Gasteiger partial charge in [0.2, 0.25) is 17.7 Å². The summed E-state index contributed by atoms with van der Waals surface area (Å²) in [4.78, 5) is 62.3. The van der Waals surface area contributed by atoms with E-state index >= 15 is 0 Å². The van der Waals surface area contributed by atoms with E-state index in [0.717, 1.165) is 5.56 Å². The minimum Gasteiger partial charge on any atom is -0.508 e. The van der Waals surface area contributed by atoms with Gasteiger partial charge in [-0.2, -0.15) is 11.8 Å². The number of aromatic hydroxyl groups is 1. The van der Waals surface area contributed by atoms with Crippen molar-refractivity contribution >= 4 is 41.4 Å². The zero-order chi connectivity index (χ0) is 30.4. The highest BCUT2D eigenvalue weighted by Gasteiger charge is 2.31. The number of phenolic OH excluding ortho intramolecular Hbond substituents is 1. The Morgan fingerprint density at radius 2 is 1.32 bits per heavy atom. The van der Waals surface area contributed by atoms with Crippen LogP contribution >= 0.6 is 11.8 Å². The van der Waals surface area contributed by atoms with Crippen LogP contribution in [0.15, 0.2) is 54.6 Å². The number of amides is 3. The molecule has 0 fully saturated rings. The standard InChI is InChI=1S/C28H36N4O8S/c1-41-14-13-22(28(39)40)31-27(38)23(16-18-7-9-19(33)10-8-18)32-26(37)21(11-12-24(34)35)30-25(36)20(29)15-17-5-3-2-4-6-17/h2-10,20-23,33H,11-16,29H2,1H3,(H,30,36)(H,31,38)(H,32,37)(H,34,35)(H,39,40). The van der Waals surface area contributed by atoms with Crippen molar-refractivity contribution in [3.05, 3.63) is 65.7 Å². The Bertz CT molecular complexity index is 1180. The fourth-order valence-electron chi connectivity index (χ4n) is 3.89. The Morgan fingerprint density at radius 3 is 1.90 bits per heavy atom. The SMILES string of the molecule is CSCCC(NC(=O)C(Cc1ccc(O)cc1)NC(=O)C(CCC(=O)O)NC(=O)C(N)Cc1ccccc1)C(=O)O. The van der Waals surface area contributed by atoms with Crippen molar-refractivity contribution in [2.75, 3.05) is 12.0 Å². The average molecular weight is 589 g/mol. The molecule has 0 saturated carbocycles. The maximum absolute atomic E-state index is 13.3. The summed E-state index contributed by atoms with van der Waals surface area (Å²) < 4.78 is 0. The average Bonchev–Trinajstić information content (AvgIpc) is 2.93. The van der Waals surface area contributed by atoms with Crippen LogP contribution in [0.1, 0.15) is 30.4 Å². The summed E-state index contributed by atoms with van der Waals surface area (Å²) in [7, 11) is 0. The monoisotopic (exact) mass is 588 g/mol. The molecular weight excluding hydrogens is 552 g/mol. The van der Waals surface area contributed by atoms with E-state index in [-0.39, 0.29) is 31.4 Å². The van der Waals surface area contributed by atoms with Gasteiger partial charge in [-0.1, -0.05) is 42.5 Å². The van der Waals surface area contributed by atoms with Crippen molar-refractivity contribution < 1.29 is 39.3 Å². The number of thioether (sulfide) groups is 1. The lowest BCUT2D eigenvalue weighted by molar-refractivity contribution is -0.142. The third-order valence-electron chi connectivity index (χ3n) is 6.15. The number of hydrogen-bond acceptors (Lipinski definition) is 8. The van der Waals surface area contributed by atoms with Gasteiger partial charge in [0.25, 0.3) is 0 Å². The predicted octanol–water partition coefficient (Wildman–Crippen LogP) is 0.662. The van der Waals surface area contributed by atoms with Gasteiger partial charge < -0.3 is 37.0 Å². The van der Waals surface area contributed by atoms with Crippen molar-refractivity contribution in [2.45, 2.75) is 56.3 Å². The molecule has 0 heterocycles. The number of carbonyl (C=O) groups excluding carboxylic acids is 3. The molecule has 12 nitrogen and oxygen atoms in total. The van der Waals surface area contributed by atoms with Crippen LogP contribution in [0, 0.1) is 0 Å². The van der Waals surface area contributed by atoms with E-state index in [2.05, 4.69) is 16.0 Å². The fraction of sp³-hybridized carbons (Fsp3) is 0.393. The fourth-order valence-corrected chi connectivity index (χ4v) is 4.36. The van der Waals surface area contributed by atoms with Gasteiger partial charge in [0.1, 0.15) is 23.9 Å². The molecule has 0 aliphatic heterocycles. The van der Waals surface area contributed by atoms with Crippen LogP contribution in [0.2, 0.25) is 0 Å². The van der Waals surface area contributed by atoms with Gasteiger partial charge in [0.05, 0.1) is 6.04 Å². The van der Waals surface area contributed by atoms with Crippen LogP contribution in [-0.2, 0) is 36.8 Å². The maximum atomic E-state index is 13.3. The first-order valence-electron chi connectivity index (χ1n) is 12.9. The van der Waals surface area contributed by atoms with Gasteiger partial charge >= 0.3 is 11.9 Å². The number of nitrogens with one attached hydrogen (secondary N) is 3. The number of carboxylic acids is 2. The molecular formula is C28H36N4O8S. The number of rotatable bonds is 17. The van der Waals surface area contributed by atoms with Crippen LogP contribution in [0.4, 0.5) is 0 Å². The lowest BCUT2D eigenvalue weighted by Gasteiger charge is -2.25. The Balaban J connectivity index is 2.23. The van der Waals surface area contributed by atoms with E-state index in [4.69, 9.17) is 5.73 Å². The van der Waals surface area contributed by atoms with Crippen LogP contribution in [0.5, 0.6) is 5.75 Å². The molecule has 4 atom stereocenters. The summed E-state index contributed by atoms with van der Waals surface area (Å²) in [6, 6.07) is 10.0. The van der Waals surface area contributed by atoms with E-state index in [1.165, 1.54) is 36.0 Å². The minimum absolute atomic E-state index is 0.00918. The molecule has 0 bridgehead atoms. The van der Waals surface area contributed by atoms with Crippen molar-refractivity contribution in [3.63, 3.8) is 0 Å². The molecule has 0 aliphatic carbocycles. The number of hydrogen-bond donors (Lipinski definition) is 7. The highest BCUT2D eigenvalue weighted by molar-refractivity contribution is 7.98. The second-order valence-electron chi connectivity index (χ2n) is 9.40. The van der Waals surface area contributed by atoms with E-state index in [1.54, 1.807) is 30.5 Å². The summed E-state index contributed by atoms with van der Waals surface area (Å²) in [5.74, 6) is -4.25. The lowest BCUT2D eigenvalue weighted by Crippen LogP contribution is -2.57. The minimum atomic E-state index is -1.33. The lowest BCUT2D eigenvalue weighted by atomic mass is 10.0. The molecule has 13 heteroatoms. The summed E-state index contributed by atoms with van der Waals surface area (Å²) in [6.45, 7) is 0. The first-order valence-corrected chi connectivity index (χ1v) is 14.3. The molecule has 0 radical (unpaired) electrons. The molecule has 41 heavy (non-hydrogen) atoms. The molecule has 8 N–H and O–H groups in total. The van der Waals surface area contributed by atoms with Gasteiger partial charge in [0, 0.05) is 12.8 Å². The molecule has 3 amide bonds. The molecule has 2 aromatic carbocycles. The molecule has 4 unspecified atom stereocenters. The first kappa shape index (κ1) is 33.1. The van der Waals surface area contributed by atoms with Crippen molar-refractivity contribution in [1.82, 2.24) is 16.0 Å². The van der Waals surface area contributed by atoms with E-state index in [0.29, 0.717) is 11.3 Å². The van der Waals surface area contributed by atoms with Gasteiger partial charge in [-0.05, 0) is 54.5 Å². The van der Waals surface area contributed by atoms with Crippen molar-refractivity contribution in [3.8, 4) is 5.75 Å². The summed E-state index contributed by atoms with van der Waals surface area (Å²) in [6.07, 6.45) is 1.34. The first-order chi connectivity index (χ1) is 19.5. The summed E-state index contributed by atoms with van der Waals surface area (Å²) in [5.41, 5.74) is 7.38. The molecule has 0 spiro atoms. The largest absolute Gasteiger partial charge is 0.508 e. The maximum Gasteiger partial charge on any atom is 0.326 e. The van der Waals surface area contributed by atoms with Gasteiger partial charge in [-0.3, -0.25) is 19.2 Å². The van der Waals surface area contributed by atoms with Crippen LogP contribution in [0.3, 0.4) is 0 Å². The number of benzene rings is 2. The molecule has 0 aromatic heterocycles. The van der Waals surface area contributed by atoms with E-state index < -0.39 is 60.2 Å². The van der Waals surface area contributed by atoms with Gasteiger partial charge in [0.15, 0.2) is 0 Å². The third-order valence-corrected chi connectivity index (χ3v) is 6.79. The number of carbonyl (C=O) groups is 5. The normalized spacial score (nSPS) is 13.7. The second kappa shape index (κ2) is 16.9. The number of carboxylic acid groups (broad SMARTS) is 2. The number of phenols is 1.